The molecule has 1 aliphatic heterocycles. The molecule has 1 saturated heterocycles. The summed E-state index contributed by atoms with van der Waals surface area (Å²) in [6.45, 7) is 1.00. The first kappa shape index (κ1) is 11.9. The van der Waals surface area contributed by atoms with E-state index in [1.54, 1.807) is 19.2 Å². The highest BCUT2D eigenvalue weighted by Gasteiger charge is 2.29. The molecule has 17 heavy (non-hydrogen) atoms. The van der Waals surface area contributed by atoms with Crippen molar-refractivity contribution in [1.82, 2.24) is 4.90 Å². The van der Waals surface area contributed by atoms with E-state index in [1.165, 1.54) is 0 Å². The third-order valence-electron chi connectivity index (χ3n) is 3.37. The Morgan fingerprint density at radius 1 is 1.53 bits per heavy atom. The van der Waals surface area contributed by atoms with Gasteiger partial charge >= 0.3 is 5.97 Å². The highest BCUT2D eigenvalue weighted by molar-refractivity contribution is 5.90. The number of hydrogen-bond donors (Lipinski definition) is 1. The van der Waals surface area contributed by atoms with Crippen molar-refractivity contribution in [3.05, 3.63) is 29.3 Å². The lowest BCUT2D eigenvalue weighted by atomic mass is 9.97. The number of nitrogens with zero attached hydrogens (tertiary/aromatic N) is 1. The van der Waals surface area contributed by atoms with Crippen molar-refractivity contribution in [1.29, 1.82) is 0 Å². The van der Waals surface area contributed by atoms with Crippen LogP contribution in [0.2, 0.25) is 0 Å². The van der Waals surface area contributed by atoms with Gasteiger partial charge in [-0.3, -0.25) is 4.90 Å². The SMILES string of the molecule is COc1cccc(C(=O)O)c1[C@H]1CCCN1C. The van der Waals surface area contributed by atoms with Crippen molar-refractivity contribution in [3.63, 3.8) is 0 Å². The third-order valence-corrected chi connectivity index (χ3v) is 3.37. The van der Waals surface area contributed by atoms with Gasteiger partial charge in [0.25, 0.3) is 0 Å². The molecule has 4 heteroatoms. The first-order valence-corrected chi connectivity index (χ1v) is 5.75. The van der Waals surface area contributed by atoms with Crippen LogP contribution in [-0.2, 0) is 0 Å². The molecular weight excluding hydrogens is 218 g/mol. The number of carboxylic acid groups (broad SMARTS) is 1. The zero-order valence-corrected chi connectivity index (χ0v) is 10.1. The highest BCUT2D eigenvalue weighted by Crippen LogP contribution is 2.38. The van der Waals surface area contributed by atoms with E-state index in [2.05, 4.69) is 4.90 Å². The number of ether oxygens (including phenoxy) is 1. The maximum absolute atomic E-state index is 11.3. The molecule has 0 aliphatic carbocycles. The van der Waals surface area contributed by atoms with Gasteiger partial charge in [-0.25, -0.2) is 4.79 Å². The van der Waals surface area contributed by atoms with Gasteiger partial charge in [0.2, 0.25) is 0 Å². The van der Waals surface area contributed by atoms with E-state index >= 15 is 0 Å². The molecule has 0 radical (unpaired) electrons. The predicted octanol–water partition coefficient (Wildman–Crippen LogP) is 2.16. The van der Waals surface area contributed by atoms with Gasteiger partial charge in [-0.2, -0.15) is 0 Å². The summed E-state index contributed by atoms with van der Waals surface area (Å²) in [6.07, 6.45) is 2.08. The predicted molar refractivity (Wildman–Crippen MR) is 64.6 cm³/mol. The number of likely N-dealkylation sites (tertiary alicyclic amines) is 1. The van der Waals surface area contributed by atoms with Gasteiger partial charge < -0.3 is 9.84 Å². The second-order valence-electron chi connectivity index (χ2n) is 4.37. The van der Waals surface area contributed by atoms with Crippen LogP contribution >= 0.6 is 0 Å². The normalized spacial score (nSPS) is 20.5. The first-order valence-electron chi connectivity index (χ1n) is 5.75. The van der Waals surface area contributed by atoms with Crippen LogP contribution in [0.4, 0.5) is 0 Å². The Morgan fingerprint density at radius 2 is 2.29 bits per heavy atom. The van der Waals surface area contributed by atoms with E-state index in [9.17, 15) is 9.90 Å². The minimum absolute atomic E-state index is 0.150. The Hall–Kier alpha value is -1.55. The molecule has 0 unspecified atom stereocenters. The van der Waals surface area contributed by atoms with Crippen molar-refractivity contribution in [3.8, 4) is 5.75 Å². The molecule has 92 valence electrons. The molecule has 0 aromatic heterocycles. The van der Waals surface area contributed by atoms with E-state index in [4.69, 9.17) is 4.74 Å². The van der Waals surface area contributed by atoms with Gasteiger partial charge in [0.1, 0.15) is 5.75 Å². The molecule has 1 aliphatic rings. The summed E-state index contributed by atoms with van der Waals surface area (Å²) in [5.41, 5.74) is 1.16. The third kappa shape index (κ3) is 2.13. The maximum Gasteiger partial charge on any atom is 0.336 e. The lowest BCUT2D eigenvalue weighted by Crippen LogP contribution is -2.20. The van der Waals surface area contributed by atoms with E-state index < -0.39 is 5.97 Å². The number of methoxy groups -OCH3 is 1. The minimum Gasteiger partial charge on any atom is -0.496 e. The number of hydrogen-bond acceptors (Lipinski definition) is 3. The zero-order valence-electron chi connectivity index (χ0n) is 10.1. The number of rotatable bonds is 3. The van der Waals surface area contributed by atoms with Crippen LogP contribution < -0.4 is 4.74 Å². The minimum atomic E-state index is -0.890. The van der Waals surface area contributed by atoms with Crippen LogP contribution in [0.1, 0.15) is 34.8 Å². The Balaban J connectivity index is 2.51. The summed E-state index contributed by atoms with van der Waals surface area (Å²) < 4.78 is 5.31. The quantitative estimate of drug-likeness (QED) is 0.872. The molecule has 1 aromatic rings. The number of aromatic carboxylic acids is 1. The number of carbonyl (C=O) groups is 1. The lowest BCUT2D eigenvalue weighted by molar-refractivity contribution is 0.0693. The van der Waals surface area contributed by atoms with Gasteiger partial charge in [-0.1, -0.05) is 6.07 Å². The van der Waals surface area contributed by atoms with E-state index in [0.29, 0.717) is 11.3 Å². The van der Waals surface area contributed by atoms with E-state index in [1.807, 2.05) is 13.1 Å². The Kier molecular flexibility index (Phi) is 3.33. The lowest BCUT2D eigenvalue weighted by Gasteiger charge is -2.23. The van der Waals surface area contributed by atoms with Crippen LogP contribution in [0.5, 0.6) is 5.75 Å². The monoisotopic (exact) mass is 235 g/mol. The smallest absolute Gasteiger partial charge is 0.336 e. The molecule has 2 rings (SSSR count). The molecule has 1 N–H and O–H groups in total. The molecule has 0 saturated carbocycles. The fraction of sp³-hybridized carbons (Fsp3) is 0.462. The standard InChI is InChI=1S/C13H17NO3/c1-14-8-4-6-10(14)12-9(13(15)16)5-3-7-11(12)17-2/h3,5,7,10H,4,6,8H2,1-2H3,(H,15,16)/t10-/m1/s1. The summed E-state index contributed by atoms with van der Waals surface area (Å²) in [6, 6.07) is 5.35. The summed E-state index contributed by atoms with van der Waals surface area (Å²) in [4.78, 5) is 13.5. The first-order chi connectivity index (χ1) is 8.15. The molecule has 1 fully saturated rings. The summed E-state index contributed by atoms with van der Waals surface area (Å²) >= 11 is 0. The van der Waals surface area contributed by atoms with Crippen molar-refractivity contribution >= 4 is 5.97 Å². The molecule has 1 atom stereocenters. The molecular formula is C13H17NO3. The van der Waals surface area contributed by atoms with Crippen LogP contribution in [0, 0.1) is 0 Å². The Labute approximate surface area is 101 Å². The van der Waals surface area contributed by atoms with Crippen molar-refractivity contribution in [2.24, 2.45) is 0 Å². The number of carboxylic acids is 1. The van der Waals surface area contributed by atoms with Crippen LogP contribution in [-0.4, -0.2) is 36.7 Å². The second kappa shape index (κ2) is 4.75. The molecule has 1 aromatic carbocycles. The summed E-state index contributed by atoms with van der Waals surface area (Å²) in [7, 11) is 3.61. The molecule has 0 bridgehead atoms. The highest BCUT2D eigenvalue weighted by atomic mass is 16.5. The topological polar surface area (TPSA) is 49.8 Å². The van der Waals surface area contributed by atoms with Crippen LogP contribution in [0.25, 0.3) is 0 Å². The maximum atomic E-state index is 11.3. The molecule has 4 nitrogen and oxygen atoms in total. The van der Waals surface area contributed by atoms with Crippen molar-refractivity contribution in [2.75, 3.05) is 20.7 Å². The average molecular weight is 235 g/mol. The van der Waals surface area contributed by atoms with Gasteiger partial charge in [-0.05, 0) is 38.6 Å². The van der Waals surface area contributed by atoms with Crippen LogP contribution in [0.3, 0.4) is 0 Å². The average Bonchev–Trinajstić information content (AvgIpc) is 2.74. The van der Waals surface area contributed by atoms with Crippen molar-refractivity contribution < 1.29 is 14.6 Å². The molecule has 0 spiro atoms. The summed E-state index contributed by atoms with van der Waals surface area (Å²) in [5, 5.41) is 9.26. The Bertz CT molecular complexity index is 431. The van der Waals surface area contributed by atoms with Crippen LogP contribution in [0.15, 0.2) is 18.2 Å². The number of benzene rings is 1. The molecule has 1 heterocycles. The van der Waals surface area contributed by atoms with E-state index in [-0.39, 0.29) is 6.04 Å². The molecule has 0 amide bonds. The fourth-order valence-corrected chi connectivity index (χ4v) is 2.53. The van der Waals surface area contributed by atoms with Gasteiger partial charge in [0.05, 0.1) is 12.7 Å². The zero-order chi connectivity index (χ0) is 12.4. The van der Waals surface area contributed by atoms with Gasteiger partial charge in [0.15, 0.2) is 0 Å². The summed E-state index contributed by atoms with van der Waals surface area (Å²) in [5.74, 6) is -0.220. The largest absolute Gasteiger partial charge is 0.496 e. The van der Waals surface area contributed by atoms with E-state index in [0.717, 1.165) is 24.9 Å². The second-order valence-corrected chi connectivity index (χ2v) is 4.37. The van der Waals surface area contributed by atoms with Crippen molar-refractivity contribution in [2.45, 2.75) is 18.9 Å². The Morgan fingerprint density at radius 3 is 2.82 bits per heavy atom. The van der Waals surface area contributed by atoms with Gasteiger partial charge in [-0.15, -0.1) is 0 Å². The van der Waals surface area contributed by atoms with Gasteiger partial charge in [0, 0.05) is 11.6 Å². The fourth-order valence-electron chi connectivity index (χ4n) is 2.53.